The molecule has 0 bridgehead atoms. The topological polar surface area (TPSA) is 46.2 Å². The third-order valence-corrected chi connectivity index (χ3v) is 14.4. The Balaban J connectivity index is 0.000000382. The lowest BCUT2D eigenvalue weighted by Crippen LogP contribution is -2.35. The van der Waals surface area contributed by atoms with Gasteiger partial charge in [0.2, 0.25) is 0 Å². The van der Waals surface area contributed by atoms with Crippen LogP contribution in [-0.4, -0.2) is 62.0 Å². The van der Waals surface area contributed by atoms with Gasteiger partial charge in [0.25, 0.3) is 0 Å². The van der Waals surface area contributed by atoms with Gasteiger partial charge < -0.3 is 23.7 Å². The summed E-state index contributed by atoms with van der Waals surface area (Å²) in [5.41, 5.74) is 0. The Morgan fingerprint density at radius 3 is 1.08 bits per heavy atom. The number of hydrogen-bond donors (Lipinski definition) is 0. The van der Waals surface area contributed by atoms with E-state index in [2.05, 4.69) is 138 Å². The molecular weight excluding hydrogens is 753 g/mol. The maximum Gasteiger partial charge on any atom is 0.0584 e. The van der Waals surface area contributed by atoms with Crippen LogP contribution in [0.15, 0.2) is 0 Å². The number of rotatable bonds is 17. The van der Waals surface area contributed by atoms with Crippen LogP contribution in [0, 0.1) is 71.0 Å². The molecule has 0 aromatic carbocycles. The molecular formula is C56H112O5. The second-order valence-electron chi connectivity index (χ2n) is 23.8. The molecule has 5 heteroatoms. The molecule has 4 atom stereocenters. The summed E-state index contributed by atoms with van der Waals surface area (Å²) in [5, 5.41) is 0. The van der Waals surface area contributed by atoms with Crippen LogP contribution in [0.25, 0.3) is 0 Å². The summed E-state index contributed by atoms with van der Waals surface area (Å²) in [6.45, 7) is 46.6. The van der Waals surface area contributed by atoms with Gasteiger partial charge in [-0.3, -0.25) is 0 Å². The third kappa shape index (κ3) is 27.1. The molecule has 0 aromatic heterocycles. The first kappa shape index (κ1) is 58.8. The Kier molecular flexibility index (Phi) is 30.5. The summed E-state index contributed by atoms with van der Waals surface area (Å²) >= 11 is 0. The molecule has 5 rings (SSSR count). The van der Waals surface area contributed by atoms with Gasteiger partial charge in [-0.05, 0) is 216 Å². The lowest BCUT2D eigenvalue weighted by Gasteiger charge is -2.38. The minimum Gasteiger partial charge on any atom is -0.379 e. The van der Waals surface area contributed by atoms with E-state index in [1.807, 2.05) is 0 Å². The smallest absolute Gasteiger partial charge is 0.0584 e. The second kappa shape index (κ2) is 31.7. The van der Waals surface area contributed by atoms with E-state index < -0.39 is 0 Å². The highest BCUT2D eigenvalue weighted by atomic mass is 16.5. The lowest BCUT2D eigenvalue weighted by atomic mass is 9.75. The fourth-order valence-corrected chi connectivity index (χ4v) is 9.82. The SMILES string of the molecule is CC(C)COC1CC(C(C)C)C1.CC(C)OC1CC(C(C)C)C1.CC(C)OC1CCC(C(C)C)C1.CC(C)OC1CCC(C(C)C)CC1.CC(C)OCC1CCC(C(C)C)C1. The van der Waals surface area contributed by atoms with Crippen molar-refractivity contribution in [2.75, 3.05) is 13.2 Å². The molecule has 5 fully saturated rings. The first-order chi connectivity index (χ1) is 28.5. The zero-order chi connectivity index (χ0) is 46.4. The molecule has 0 saturated heterocycles. The van der Waals surface area contributed by atoms with Gasteiger partial charge in [0, 0.05) is 13.2 Å². The minimum atomic E-state index is 0.401. The van der Waals surface area contributed by atoms with Crippen molar-refractivity contribution in [3.63, 3.8) is 0 Å². The molecule has 5 saturated carbocycles. The van der Waals surface area contributed by atoms with E-state index >= 15 is 0 Å². The highest BCUT2D eigenvalue weighted by Crippen LogP contribution is 2.38. The lowest BCUT2D eigenvalue weighted by molar-refractivity contribution is -0.0718. The molecule has 61 heavy (non-hydrogen) atoms. The standard InChI is InChI=1S/2C12H24O.2C11H22O.C10H20O/c1-9(2)11-5-7-12(8-6-11)13-10(3)4;1-9(2)12-6-5-11(7-12)8-13-10(3)4;1-8(2)7-12-11-5-10(6-11)9(3)4;1-8(2)10-5-6-11(7-10)12-9(3)4;1-7(2)9-5-10(6-9)11-8(3)4/h2*9-12H,5-8H2,1-4H3;2*8-11H,5-7H2,1-4H3;7-10H,5-6H2,1-4H3. The van der Waals surface area contributed by atoms with Crippen molar-refractivity contribution in [3.8, 4) is 0 Å². The third-order valence-electron chi connectivity index (χ3n) is 14.4. The van der Waals surface area contributed by atoms with Crippen LogP contribution in [0.3, 0.4) is 0 Å². The number of ether oxygens (including phenoxy) is 5. The Morgan fingerprint density at radius 1 is 0.328 bits per heavy atom. The van der Waals surface area contributed by atoms with Crippen molar-refractivity contribution in [3.05, 3.63) is 0 Å². The van der Waals surface area contributed by atoms with Crippen LogP contribution in [0.5, 0.6) is 0 Å². The van der Waals surface area contributed by atoms with Crippen LogP contribution in [0.1, 0.15) is 228 Å². The van der Waals surface area contributed by atoms with Crippen LogP contribution < -0.4 is 0 Å². The van der Waals surface area contributed by atoms with E-state index in [0.29, 0.717) is 54.7 Å². The maximum absolute atomic E-state index is 5.82. The average molecular weight is 866 g/mol. The summed E-state index contributed by atoms with van der Waals surface area (Å²) in [6.07, 6.45) is 22.5. The molecule has 5 aliphatic carbocycles. The normalized spacial score (nSPS) is 30.0. The summed E-state index contributed by atoms with van der Waals surface area (Å²) in [7, 11) is 0. The van der Waals surface area contributed by atoms with Crippen LogP contribution in [0.2, 0.25) is 0 Å². The molecule has 0 N–H and O–H groups in total. The fourth-order valence-electron chi connectivity index (χ4n) is 9.82. The van der Waals surface area contributed by atoms with Gasteiger partial charge in [0.1, 0.15) is 0 Å². The van der Waals surface area contributed by atoms with E-state index in [9.17, 15) is 0 Å². The van der Waals surface area contributed by atoms with E-state index in [4.69, 9.17) is 23.7 Å². The van der Waals surface area contributed by atoms with Gasteiger partial charge in [-0.2, -0.15) is 0 Å². The largest absolute Gasteiger partial charge is 0.379 e. The zero-order valence-corrected chi connectivity index (χ0v) is 44.9. The molecule has 0 amide bonds. The number of hydrogen-bond acceptors (Lipinski definition) is 5. The Hall–Kier alpha value is -0.200. The first-order valence-electron chi connectivity index (χ1n) is 26.7. The Bertz CT molecular complexity index is 1000. The van der Waals surface area contributed by atoms with Crippen molar-refractivity contribution in [1.29, 1.82) is 0 Å². The van der Waals surface area contributed by atoms with Crippen LogP contribution in [0.4, 0.5) is 0 Å². The summed E-state index contributed by atoms with van der Waals surface area (Å²) in [6, 6.07) is 0. The molecule has 4 unspecified atom stereocenters. The van der Waals surface area contributed by atoms with Gasteiger partial charge >= 0.3 is 0 Å². The van der Waals surface area contributed by atoms with Gasteiger partial charge in [-0.15, -0.1) is 0 Å². The summed E-state index contributed by atoms with van der Waals surface area (Å²) < 4.78 is 28.7. The Morgan fingerprint density at radius 2 is 0.689 bits per heavy atom. The molecule has 0 aliphatic heterocycles. The van der Waals surface area contributed by atoms with Crippen LogP contribution >= 0.6 is 0 Å². The van der Waals surface area contributed by atoms with Gasteiger partial charge in [0.15, 0.2) is 0 Å². The van der Waals surface area contributed by atoms with Crippen molar-refractivity contribution in [2.24, 2.45) is 71.0 Å². The van der Waals surface area contributed by atoms with Gasteiger partial charge in [-0.25, -0.2) is 0 Å². The highest BCUT2D eigenvalue weighted by Gasteiger charge is 2.33. The van der Waals surface area contributed by atoms with Crippen molar-refractivity contribution in [2.45, 2.75) is 277 Å². The molecule has 5 nitrogen and oxygen atoms in total. The summed E-state index contributed by atoms with van der Waals surface area (Å²) in [5.74, 6) is 10.5. The molecule has 0 radical (unpaired) electrons. The van der Waals surface area contributed by atoms with Crippen molar-refractivity contribution >= 4 is 0 Å². The van der Waals surface area contributed by atoms with E-state index in [1.165, 1.54) is 89.9 Å². The molecule has 5 aliphatic rings. The molecule has 366 valence electrons. The predicted molar refractivity (Wildman–Crippen MR) is 265 cm³/mol. The minimum absolute atomic E-state index is 0.401. The van der Waals surface area contributed by atoms with Crippen molar-refractivity contribution < 1.29 is 23.7 Å². The molecule has 0 aromatic rings. The fraction of sp³-hybridized carbons (Fsp3) is 1.00. The van der Waals surface area contributed by atoms with Gasteiger partial charge in [-0.1, -0.05) is 83.1 Å². The molecule has 0 spiro atoms. The van der Waals surface area contributed by atoms with Gasteiger partial charge in [0.05, 0.1) is 48.8 Å². The molecule has 0 heterocycles. The predicted octanol–water partition coefficient (Wildman–Crippen LogP) is 16.3. The maximum atomic E-state index is 5.82. The monoisotopic (exact) mass is 865 g/mol. The van der Waals surface area contributed by atoms with E-state index in [0.717, 1.165) is 78.3 Å². The quantitative estimate of drug-likeness (QED) is 0.146. The average Bonchev–Trinajstić information content (AvgIpc) is 3.79. The summed E-state index contributed by atoms with van der Waals surface area (Å²) in [4.78, 5) is 0. The van der Waals surface area contributed by atoms with Crippen LogP contribution in [-0.2, 0) is 23.7 Å². The zero-order valence-electron chi connectivity index (χ0n) is 44.9. The van der Waals surface area contributed by atoms with Crippen molar-refractivity contribution in [1.82, 2.24) is 0 Å². The van der Waals surface area contributed by atoms with E-state index in [-0.39, 0.29) is 0 Å². The Labute approximate surface area is 383 Å². The van der Waals surface area contributed by atoms with E-state index in [1.54, 1.807) is 0 Å². The second-order valence-corrected chi connectivity index (χ2v) is 23.8. The highest BCUT2D eigenvalue weighted by molar-refractivity contribution is 4.84. The first-order valence-corrected chi connectivity index (χ1v) is 26.7.